The van der Waals surface area contributed by atoms with Gasteiger partial charge in [-0.2, -0.15) is 13.2 Å². The van der Waals surface area contributed by atoms with Gasteiger partial charge in [0, 0.05) is 21.2 Å². The molecule has 0 aliphatic rings. The predicted molar refractivity (Wildman–Crippen MR) is 122 cm³/mol. The van der Waals surface area contributed by atoms with E-state index >= 15 is 0 Å². The van der Waals surface area contributed by atoms with Crippen LogP contribution < -0.4 is 10.6 Å². The monoisotopic (exact) mass is 498 g/mol. The van der Waals surface area contributed by atoms with Gasteiger partial charge >= 0.3 is 6.18 Å². The van der Waals surface area contributed by atoms with Crippen molar-refractivity contribution in [3.8, 4) is 0 Å². The van der Waals surface area contributed by atoms with Crippen LogP contribution in [0, 0.1) is 0 Å². The van der Waals surface area contributed by atoms with Crippen LogP contribution in [-0.4, -0.2) is 17.6 Å². The van der Waals surface area contributed by atoms with Crippen molar-refractivity contribution in [2.45, 2.75) is 11.1 Å². The van der Waals surface area contributed by atoms with Gasteiger partial charge in [-0.1, -0.05) is 35.3 Å². The Morgan fingerprint density at radius 2 is 1.66 bits per heavy atom. The van der Waals surface area contributed by atoms with Crippen LogP contribution in [0.5, 0.6) is 0 Å². The third-order valence-electron chi connectivity index (χ3n) is 4.12. The molecule has 0 radical (unpaired) electrons. The maximum Gasteiger partial charge on any atom is 0.416 e. The lowest BCUT2D eigenvalue weighted by atomic mass is 10.2. The summed E-state index contributed by atoms with van der Waals surface area (Å²) in [6.07, 6.45) is -4.55. The minimum atomic E-state index is -4.55. The highest BCUT2D eigenvalue weighted by atomic mass is 35.5. The van der Waals surface area contributed by atoms with Crippen molar-refractivity contribution in [3.63, 3.8) is 0 Å². The maximum absolute atomic E-state index is 12.9. The zero-order valence-corrected chi connectivity index (χ0v) is 18.5. The fourth-order valence-corrected chi connectivity index (χ4v) is 3.74. The van der Waals surface area contributed by atoms with Gasteiger partial charge in [-0.05, 0) is 54.6 Å². The number of benzene rings is 3. The number of nitrogens with one attached hydrogen (secondary N) is 2. The summed E-state index contributed by atoms with van der Waals surface area (Å²) in [5, 5.41) is 5.58. The number of alkyl halides is 3. The number of rotatable bonds is 6. The number of amides is 2. The molecule has 32 heavy (non-hydrogen) atoms. The first-order valence-corrected chi connectivity index (χ1v) is 10.8. The molecule has 0 unspecified atom stereocenters. The summed E-state index contributed by atoms with van der Waals surface area (Å²) in [4.78, 5) is 25.2. The van der Waals surface area contributed by atoms with E-state index < -0.39 is 17.6 Å². The van der Waals surface area contributed by atoms with E-state index in [1.54, 1.807) is 48.5 Å². The molecule has 10 heteroatoms. The molecule has 0 spiro atoms. The third-order valence-corrected chi connectivity index (χ3v) is 5.67. The Labute approximate surface area is 196 Å². The van der Waals surface area contributed by atoms with Crippen molar-refractivity contribution in [2.24, 2.45) is 0 Å². The first-order chi connectivity index (χ1) is 15.1. The molecule has 2 N–H and O–H groups in total. The van der Waals surface area contributed by atoms with E-state index in [0.717, 1.165) is 30.0 Å². The number of carbonyl (C=O) groups excluding carboxylic acids is 2. The molecule has 0 aromatic heterocycles. The molecule has 4 nitrogen and oxygen atoms in total. The molecule has 0 saturated heterocycles. The van der Waals surface area contributed by atoms with E-state index in [2.05, 4.69) is 10.6 Å². The Bertz CT molecular complexity index is 1160. The Balaban J connectivity index is 1.60. The van der Waals surface area contributed by atoms with E-state index in [4.69, 9.17) is 23.2 Å². The highest BCUT2D eigenvalue weighted by Crippen LogP contribution is 2.34. The first kappa shape index (κ1) is 24.0. The lowest BCUT2D eigenvalue weighted by molar-refractivity contribution is -0.137. The lowest BCUT2D eigenvalue weighted by Gasteiger charge is -2.12. The minimum Gasteiger partial charge on any atom is -0.324 e. The van der Waals surface area contributed by atoms with E-state index in [-0.39, 0.29) is 22.4 Å². The molecule has 0 bridgehead atoms. The van der Waals surface area contributed by atoms with Gasteiger partial charge in [-0.3, -0.25) is 9.59 Å². The average molecular weight is 499 g/mol. The Hall–Kier alpha value is -2.68. The largest absolute Gasteiger partial charge is 0.416 e. The van der Waals surface area contributed by atoms with Crippen molar-refractivity contribution in [1.82, 2.24) is 0 Å². The molecule has 0 aliphatic heterocycles. The molecule has 0 heterocycles. The number of halogens is 5. The molecule has 0 fully saturated rings. The predicted octanol–water partition coefficient (Wildman–Crippen LogP) is 7.00. The fourth-order valence-electron chi connectivity index (χ4n) is 2.63. The molecule has 3 rings (SSSR count). The van der Waals surface area contributed by atoms with Crippen molar-refractivity contribution < 1.29 is 22.8 Å². The second-order valence-corrected chi connectivity index (χ2v) is 8.41. The second-order valence-electron chi connectivity index (χ2n) is 6.52. The summed E-state index contributed by atoms with van der Waals surface area (Å²) in [5.74, 6) is -0.936. The van der Waals surface area contributed by atoms with Crippen molar-refractivity contribution in [3.05, 3.63) is 87.9 Å². The van der Waals surface area contributed by atoms with Crippen LogP contribution in [-0.2, 0) is 11.0 Å². The first-order valence-electron chi connectivity index (χ1n) is 9.08. The molecule has 3 aromatic carbocycles. The second kappa shape index (κ2) is 10.3. The van der Waals surface area contributed by atoms with Gasteiger partial charge in [0.15, 0.2) is 0 Å². The molecule has 166 valence electrons. The standard InChI is InChI=1S/C22H15Cl2F3N2O2S/c23-15-4-1-3-13(9-15)21(31)28-16-5-2-6-17(11-16)32-12-20(30)29-19-10-14(22(25,26)27)7-8-18(19)24/h1-11H,12H2,(H,28,31)(H,29,30). The number of hydrogen-bond acceptors (Lipinski definition) is 3. The Morgan fingerprint density at radius 1 is 0.906 bits per heavy atom. The topological polar surface area (TPSA) is 58.2 Å². The zero-order valence-electron chi connectivity index (χ0n) is 16.2. The van der Waals surface area contributed by atoms with Crippen LogP contribution >= 0.6 is 35.0 Å². The third kappa shape index (κ3) is 6.66. The van der Waals surface area contributed by atoms with Crippen LogP contribution in [0.15, 0.2) is 71.6 Å². The molecule has 2 amide bonds. The average Bonchev–Trinajstić information content (AvgIpc) is 2.73. The van der Waals surface area contributed by atoms with Crippen LogP contribution in [0.25, 0.3) is 0 Å². The normalized spacial score (nSPS) is 11.2. The van der Waals surface area contributed by atoms with Crippen molar-refractivity contribution in [1.29, 1.82) is 0 Å². The van der Waals surface area contributed by atoms with Gasteiger partial charge in [-0.15, -0.1) is 11.8 Å². The van der Waals surface area contributed by atoms with E-state index in [1.165, 1.54) is 0 Å². The number of hydrogen-bond donors (Lipinski definition) is 2. The molecule has 0 atom stereocenters. The highest BCUT2D eigenvalue weighted by molar-refractivity contribution is 8.00. The van der Waals surface area contributed by atoms with Gasteiger partial charge < -0.3 is 10.6 Å². The van der Waals surface area contributed by atoms with Crippen LogP contribution in [0.3, 0.4) is 0 Å². The van der Waals surface area contributed by atoms with Gasteiger partial charge in [0.2, 0.25) is 5.91 Å². The van der Waals surface area contributed by atoms with Gasteiger partial charge in [0.25, 0.3) is 5.91 Å². The Kier molecular flexibility index (Phi) is 7.71. The van der Waals surface area contributed by atoms with Crippen LogP contribution in [0.1, 0.15) is 15.9 Å². The van der Waals surface area contributed by atoms with Gasteiger partial charge in [0.1, 0.15) is 0 Å². The summed E-state index contributed by atoms with van der Waals surface area (Å²) in [5.41, 5.74) is -0.114. The van der Waals surface area contributed by atoms with Crippen molar-refractivity contribution in [2.75, 3.05) is 16.4 Å². The molecular weight excluding hydrogens is 484 g/mol. The molecule has 0 saturated carbocycles. The Morgan fingerprint density at radius 3 is 2.38 bits per heavy atom. The summed E-state index contributed by atoms with van der Waals surface area (Å²) in [6, 6.07) is 16.0. The van der Waals surface area contributed by atoms with Gasteiger partial charge in [-0.25, -0.2) is 0 Å². The SMILES string of the molecule is O=C(CSc1cccc(NC(=O)c2cccc(Cl)c2)c1)Nc1cc(C(F)(F)F)ccc1Cl. The van der Waals surface area contributed by atoms with E-state index in [0.29, 0.717) is 21.2 Å². The summed E-state index contributed by atoms with van der Waals surface area (Å²) in [6.45, 7) is 0. The number of carbonyl (C=O) groups is 2. The fraction of sp³-hybridized carbons (Fsp3) is 0.0909. The number of anilines is 2. The highest BCUT2D eigenvalue weighted by Gasteiger charge is 2.31. The molecular formula is C22H15Cl2F3N2O2S. The maximum atomic E-state index is 12.9. The smallest absolute Gasteiger partial charge is 0.324 e. The quantitative estimate of drug-likeness (QED) is 0.360. The summed E-state index contributed by atoms with van der Waals surface area (Å²) in [7, 11) is 0. The van der Waals surface area contributed by atoms with Crippen LogP contribution in [0.4, 0.5) is 24.5 Å². The lowest BCUT2D eigenvalue weighted by Crippen LogP contribution is -2.15. The zero-order chi connectivity index (χ0) is 23.3. The summed E-state index contributed by atoms with van der Waals surface area (Å²) < 4.78 is 38.6. The van der Waals surface area contributed by atoms with E-state index in [1.807, 2.05) is 0 Å². The van der Waals surface area contributed by atoms with E-state index in [9.17, 15) is 22.8 Å². The molecule has 0 aliphatic carbocycles. The minimum absolute atomic E-state index is 0.00192. The summed E-state index contributed by atoms with van der Waals surface area (Å²) >= 11 is 13.0. The number of thioether (sulfide) groups is 1. The van der Waals surface area contributed by atoms with Crippen molar-refractivity contribution >= 4 is 58.2 Å². The van der Waals surface area contributed by atoms with Crippen LogP contribution in [0.2, 0.25) is 10.0 Å². The molecule has 3 aromatic rings. The van der Waals surface area contributed by atoms with Gasteiger partial charge in [0.05, 0.1) is 22.0 Å².